The summed E-state index contributed by atoms with van der Waals surface area (Å²) in [6, 6.07) is 4.00. The van der Waals surface area contributed by atoms with Crippen LogP contribution in [0, 0.1) is 20.8 Å². The van der Waals surface area contributed by atoms with E-state index in [-0.39, 0.29) is 18.6 Å². The summed E-state index contributed by atoms with van der Waals surface area (Å²) in [5.41, 5.74) is 10.4. The van der Waals surface area contributed by atoms with E-state index in [1.165, 1.54) is 16.7 Å². The molecule has 1 nitrogen and oxygen atoms in total. The Bertz CT molecular complexity index is 233. The van der Waals surface area contributed by atoms with Crippen LogP contribution in [0.25, 0.3) is 0 Å². The van der Waals surface area contributed by atoms with Crippen molar-refractivity contribution in [3.05, 3.63) is 28.8 Å². The summed E-state index contributed by atoms with van der Waals surface area (Å²) in [6.07, 6.45) is 0. The standard InChI is InChI=1S/C9H13N.V/c1-6-4-9(10)5-7(2)8(6)3;/h4-5H,10H2,1-3H3;. The van der Waals surface area contributed by atoms with E-state index < -0.39 is 0 Å². The Morgan fingerprint density at radius 3 is 1.73 bits per heavy atom. The van der Waals surface area contributed by atoms with E-state index in [4.69, 9.17) is 5.73 Å². The average Bonchev–Trinajstić information content (AvgIpc) is 1.82. The molecule has 0 saturated carbocycles. The van der Waals surface area contributed by atoms with Gasteiger partial charge >= 0.3 is 0 Å². The van der Waals surface area contributed by atoms with E-state index in [2.05, 4.69) is 20.8 Å². The number of hydrogen-bond acceptors (Lipinski definition) is 1. The minimum atomic E-state index is 0. The van der Waals surface area contributed by atoms with Crippen molar-refractivity contribution in [2.45, 2.75) is 20.8 Å². The first-order chi connectivity index (χ1) is 4.61. The van der Waals surface area contributed by atoms with E-state index in [0.717, 1.165) is 5.69 Å². The summed E-state index contributed by atoms with van der Waals surface area (Å²) in [5.74, 6) is 0. The molecule has 0 aliphatic heterocycles. The van der Waals surface area contributed by atoms with Crippen LogP contribution in [-0.2, 0) is 18.6 Å². The van der Waals surface area contributed by atoms with Gasteiger partial charge in [0.25, 0.3) is 0 Å². The first kappa shape index (κ1) is 10.6. The third-order valence-electron chi connectivity index (χ3n) is 1.95. The van der Waals surface area contributed by atoms with Crippen molar-refractivity contribution >= 4 is 5.69 Å². The summed E-state index contributed by atoms with van der Waals surface area (Å²) in [7, 11) is 0. The molecule has 1 aromatic rings. The van der Waals surface area contributed by atoms with Gasteiger partial charge in [0.2, 0.25) is 0 Å². The Kier molecular flexibility index (Phi) is 3.70. The summed E-state index contributed by atoms with van der Waals surface area (Å²) in [6.45, 7) is 6.28. The quantitative estimate of drug-likeness (QED) is 0.617. The van der Waals surface area contributed by atoms with Crippen LogP contribution in [0.15, 0.2) is 12.1 Å². The molecule has 0 bridgehead atoms. The maximum absolute atomic E-state index is 5.63. The predicted octanol–water partition coefficient (Wildman–Crippen LogP) is 2.19. The third-order valence-corrected chi connectivity index (χ3v) is 1.95. The normalized spacial score (nSPS) is 9.00. The fourth-order valence-electron chi connectivity index (χ4n) is 1.07. The van der Waals surface area contributed by atoms with Crippen molar-refractivity contribution in [3.63, 3.8) is 0 Å². The Balaban J connectivity index is 0.000001000. The maximum atomic E-state index is 5.63. The molecule has 0 amide bonds. The van der Waals surface area contributed by atoms with E-state index in [0.29, 0.717) is 0 Å². The summed E-state index contributed by atoms with van der Waals surface area (Å²) in [5, 5.41) is 0. The molecule has 1 radical (unpaired) electrons. The van der Waals surface area contributed by atoms with E-state index >= 15 is 0 Å². The monoisotopic (exact) mass is 186 g/mol. The zero-order valence-corrected chi connectivity index (χ0v) is 8.58. The Morgan fingerprint density at radius 1 is 1.00 bits per heavy atom. The number of rotatable bonds is 0. The third kappa shape index (κ3) is 2.28. The fourth-order valence-corrected chi connectivity index (χ4v) is 1.07. The van der Waals surface area contributed by atoms with Crippen LogP contribution in [0.5, 0.6) is 0 Å². The maximum Gasteiger partial charge on any atom is 0.0319 e. The van der Waals surface area contributed by atoms with Gasteiger partial charge in [-0.2, -0.15) is 0 Å². The van der Waals surface area contributed by atoms with Gasteiger partial charge in [-0.3, -0.25) is 0 Å². The van der Waals surface area contributed by atoms with Crippen LogP contribution in [-0.4, -0.2) is 0 Å². The predicted molar refractivity (Wildman–Crippen MR) is 45.1 cm³/mol. The Labute approximate surface area is 79.9 Å². The average molecular weight is 186 g/mol. The van der Waals surface area contributed by atoms with Gasteiger partial charge in [0.05, 0.1) is 0 Å². The molecule has 0 saturated heterocycles. The molecule has 11 heavy (non-hydrogen) atoms. The molecule has 0 aromatic heterocycles. The van der Waals surface area contributed by atoms with Gasteiger partial charge in [-0.15, -0.1) is 0 Å². The number of benzene rings is 1. The summed E-state index contributed by atoms with van der Waals surface area (Å²) >= 11 is 0. The van der Waals surface area contributed by atoms with Gasteiger partial charge in [-0.1, -0.05) is 0 Å². The van der Waals surface area contributed by atoms with Crippen LogP contribution in [0.2, 0.25) is 0 Å². The number of hydrogen-bond donors (Lipinski definition) is 1. The van der Waals surface area contributed by atoms with Crippen LogP contribution in [0.4, 0.5) is 5.69 Å². The van der Waals surface area contributed by atoms with Gasteiger partial charge in [0.1, 0.15) is 0 Å². The smallest absolute Gasteiger partial charge is 0.0319 e. The molecule has 2 heteroatoms. The Hall–Kier alpha value is -0.396. The Morgan fingerprint density at radius 2 is 1.36 bits per heavy atom. The summed E-state index contributed by atoms with van der Waals surface area (Å²) in [4.78, 5) is 0. The van der Waals surface area contributed by atoms with Crippen molar-refractivity contribution in [3.8, 4) is 0 Å². The number of nitrogens with two attached hydrogens (primary N) is 1. The number of nitrogen functional groups attached to an aromatic ring is 1. The number of aryl methyl sites for hydroxylation is 2. The molecule has 0 fully saturated rings. The van der Waals surface area contributed by atoms with E-state index in [1.54, 1.807) is 0 Å². The molecule has 0 heterocycles. The van der Waals surface area contributed by atoms with E-state index in [1.807, 2.05) is 12.1 Å². The zero-order chi connectivity index (χ0) is 7.72. The van der Waals surface area contributed by atoms with Crippen LogP contribution < -0.4 is 5.73 Å². The van der Waals surface area contributed by atoms with Gasteiger partial charge < -0.3 is 5.73 Å². The molecule has 0 spiro atoms. The van der Waals surface area contributed by atoms with Gasteiger partial charge in [-0.05, 0) is 49.6 Å². The number of anilines is 1. The molecular weight excluding hydrogens is 173 g/mol. The molecule has 1 aromatic carbocycles. The van der Waals surface area contributed by atoms with Gasteiger partial charge in [0, 0.05) is 24.2 Å². The van der Waals surface area contributed by atoms with Crippen molar-refractivity contribution in [1.82, 2.24) is 0 Å². The van der Waals surface area contributed by atoms with Crippen molar-refractivity contribution in [1.29, 1.82) is 0 Å². The van der Waals surface area contributed by atoms with Crippen LogP contribution >= 0.6 is 0 Å². The van der Waals surface area contributed by atoms with Gasteiger partial charge in [-0.25, -0.2) is 0 Å². The van der Waals surface area contributed by atoms with E-state index in [9.17, 15) is 0 Å². The molecule has 0 aliphatic carbocycles. The van der Waals surface area contributed by atoms with Crippen molar-refractivity contribution < 1.29 is 18.6 Å². The second kappa shape index (κ2) is 3.84. The molecule has 2 N–H and O–H groups in total. The minimum Gasteiger partial charge on any atom is -0.399 e. The molecule has 59 valence electrons. The second-order valence-corrected chi connectivity index (χ2v) is 2.78. The molecule has 0 atom stereocenters. The molecule has 0 unspecified atom stereocenters. The van der Waals surface area contributed by atoms with Crippen LogP contribution in [0.3, 0.4) is 0 Å². The fraction of sp³-hybridized carbons (Fsp3) is 0.333. The first-order valence-corrected chi connectivity index (χ1v) is 3.44. The van der Waals surface area contributed by atoms with Crippen LogP contribution in [0.1, 0.15) is 16.7 Å². The molecule has 0 aliphatic rings. The zero-order valence-electron chi connectivity index (χ0n) is 7.18. The summed E-state index contributed by atoms with van der Waals surface area (Å²) < 4.78 is 0. The van der Waals surface area contributed by atoms with Gasteiger partial charge in [0.15, 0.2) is 0 Å². The SMILES string of the molecule is Cc1cc(N)cc(C)c1C.[V]. The first-order valence-electron chi connectivity index (χ1n) is 3.44. The second-order valence-electron chi connectivity index (χ2n) is 2.78. The largest absolute Gasteiger partial charge is 0.399 e. The van der Waals surface area contributed by atoms with Crippen molar-refractivity contribution in [2.75, 3.05) is 5.73 Å². The van der Waals surface area contributed by atoms with Crippen molar-refractivity contribution in [2.24, 2.45) is 0 Å². The molecular formula is C9H13NV. The molecule has 1 rings (SSSR count). The topological polar surface area (TPSA) is 26.0 Å². The minimum absolute atomic E-state index is 0.